The molecule has 156 valence electrons. The summed E-state index contributed by atoms with van der Waals surface area (Å²) in [5.41, 5.74) is 1.47. The minimum absolute atomic E-state index is 0.00883. The maximum Gasteiger partial charge on any atom is 0.273 e. The molecule has 0 spiro atoms. The van der Waals surface area contributed by atoms with Gasteiger partial charge in [-0.15, -0.1) is 0 Å². The molecular weight excluding hydrogens is 366 g/mol. The molecule has 0 aliphatic heterocycles. The zero-order chi connectivity index (χ0) is 21.0. The maximum absolute atomic E-state index is 13.2. The molecule has 1 heterocycles. The average molecular weight is 398 g/mol. The summed E-state index contributed by atoms with van der Waals surface area (Å²) in [4.78, 5) is 31.6. The Morgan fingerprint density at radius 2 is 1.93 bits per heavy atom. The number of oxazole rings is 1. The molecule has 6 nitrogen and oxygen atoms in total. The van der Waals surface area contributed by atoms with Crippen molar-refractivity contribution in [1.29, 1.82) is 0 Å². The van der Waals surface area contributed by atoms with E-state index in [4.69, 9.17) is 4.42 Å². The zero-order valence-corrected chi connectivity index (χ0v) is 17.7. The number of carbonyl (C=O) groups is 2. The first kappa shape index (κ1) is 21.1. The summed E-state index contributed by atoms with van der Waals surface area (Å²) < 4.78 is 5.52. The van der Waals surface area contributed by atoms with Crippen LogP contribution < -0.4 is 5.32 Å². The monoisotopic (exact) mass is 397 g/mol. The molecule has 1 aromatic heterocycles. The van der Waals surface area contributed by atoms with Gasteiger partial charge in [-0.2, -0.15) is 0 Å². The smallest absolute Gasteiger partial charge is 0.273 e. The number of hydrogen-bond donors (Lipinski definition) is 1. The number of carbonyl (C=O) groups excluding carboxylic acids is 2. The van der Waals surface area contributed by atoms with Gasteiger partial charge in [0.15, 0.2) is 5.69 Å². The van der Waals surface area contributed by atoms with Gasteiger partial charge >= 0.3 is 0 Å². The average Bonchev–Trinajstić information content (AvgIpc) is 3.41. The first-order chi connectivity index (χ1) is 13.9. The van der Waals surface area contributed by atoms with Gasteiger partial charge in [0.25, 0.3) is 5.91 Å². The number of nitrogens with one attached hydrogen (secondary N) is 1. The van der Waals surface area contributed by atoms with E-state index in [1.807, 2.05) is 43.9 Å². The van der Waals surface area contributed by atoms with E-state index in [0.717, 1.165) is 19.3 Å². The molecule has 1 aliphatic rings. The second kappa shape index (κ2) is 9.25. The van der Waals surface area contributed by atoms with E-state index in [9.17, 15) is 9.59 Å². The molecule has 2 amide bonds. The van der Waals surface area contributed by atoms with Gasteiger partial charge < -0.3 is 14.6 Å². The van der Waals surface area contributed by atoms with Crippen molar-refractivity contribution in [2.45, 2.75) is 71.5 Å². The lowest BCUT2D eigenvalue weighted by molar-refractivity contribution is -0.135. The standard InChI is InChI=1S/C23H31N3O3/c1-5-15(3)24-22(27)20-14-29-21(25-20)13-26(16(4)6-2)23(28)19-12-18(19)17-10-8-7-9-11-17/h7-11,14-16,18-19H,5-6,12-13H2,1-4H3,(H,24,27). The molecule has 1 aliphatic carbocycles. The molecule has 1 fully saturated rings. The van der Waals surface area contributed by atoms with E-state index in [1.165, 1.54) is 11.8 Å². The number of amides is 2. The lowest BCUT2D eigenvalue weighted by Crippen LogP contribution is -2.39. The van der Waals surface area contributed by atoms with Gasteiger partial charge in [0.1, 0.15) is 6.26 Å². The SMILES string of the molecule is CCC(C)NC(=O)c1coc(CN(C(=O)C2CC2c2ccccc2)C(C)CC)n1. The van der Waals surface area contributed by atoms with Gasteiger partial charge in [0, 0.05) is 18.0 Å². The highest BCUT2D eigenvalue weighted by Gasteiger charge is 2.46. The van der Waals surface area contributed by atoms with E-state index < -0.39 is 0 Å². The number of hydrogen-bond acceptors (Lipinski definition) is 4. The first-order valence-corrected chi connectivity index (χ1v) is 10.5. The fourth-order valence-corrected chi connectivity index (χ4v) is 3.45. The molecule has 6 heteroatoms. The quantitative estimate of drug-likeness (QED) is 0.690. The summed E-state index contributed by atoms with van der Waals surface area (Å²) >= 11 is 0. The van der Waals surface area contributed by atoms with Crippen molar-refractivity contribution in [3.05, 3.63) is 53.7 Å². The summed E-state index contributed by atoms with van der Waals surface area (Å²) in [6, 6.07) is 10.3. The Hall–Kier alpha value is -2.63. The van der Waals surface area contributed by atoms with Crippen molar-refractivity contribution < 1.29 is 14.0 Å². The molecule has 3 rings (SSSR count). The predicted octanol–water partition coefficient (Wildman–Crippen LogP) is 4.13. The Kier molecular flexibility index (Phi) is 6.72. The highest BCUT2D eigenvalue weighted by molar-refractivity contribution is 5.92. The summed E-state index contributed by atoms with van der Waals surface area (Å²) in [5.74, 6) is 0.579. The number of benzene rings is 1. The summed E-state index contributed by atoms with van der Waals surface area (Å²) in [6.45, 7) is 8.34. The first-order valence-electron chi connectivity index (χ1n) is 10.5. The number of nitrogens with zero attached hydrogens (tertiary/aromatic N) is 2. The lowest BCUT2D eigenvalue weighted by Gasteiger charge is -2.27. The van der Waals surface area contributed by atoms with E-state index in [-0.39, 0.29) is 48.0 Å². The molecule has 1 aromatic carbocycles. The van der Waals surface area contributed by atoms with Crippen molar-refractivity contribution in [3.63, 3.8) is 0 Å². The van der Waals surface area contributed by atoms with Crippen LogP contribution in [0.4, 0.5) is 0 Å². The zero-order valence-electron chi connectivity index (χ0n) is 17.7. The minimum Gasteiger partial charge on any atom is -0.446 e. The fraction of sp³-hybridized carbons (Fsp3) is 0.522. The predicted molar refractivity (Wildman–Crippen MR) is 111 cm³/mol. The third kappa shape index (κ3) is 5.05. The number of rotatable bonds is 9. The van der Waals surface area contributed by atoms with E-state index in [2.05, 4.69) is 29.4 Å². The Morgan fingerprint density at radius 1 is 1.21 bits per heavy atom. The molecule has 0 saturated heterocycles. The van der Waals surface area contributed by atoms with Crippen LogP contribution in [0.5, 0.6) is 0 Å². The summed E-state index contributed by atoms with van der Waals surface area (Å²) in [7, 11) is 0. The Bertz CT molecular complexity index is 833. The van der Waals surface area contributed by atoms with Crippen LogP contribution in [0, 0.1) is 5.92 Å². The van der Waals surface area contributed by atoms with Crippen LogP contribution in [0.1, 0.15) is 74.8 Å². The van der Waals surface area contributed by atoms with Gasteiger partial charge in [0.2, 0.25) is 11.8 Å². The van der Waals surface area contributed by atoms with Crippen LogP contribution in [0.3, 0.4) is 0 Å². The lowest BCUT2D eigenvalue weighted by atomic mass is 10.1. The molecule has 0 bridgehead atoms. The molecule has 4 unspecified atom stereocenters. The Balaban J connectivity index is 1.67. The van der Waals surface area contributed by atoms with E-state index in [1.54, 1.807) is 0 Å². The maximum atomic E-state index is 13.2. The van der Waals surface area contributed by atoms with Gasteiger partial charge in [-0.25, -0.2) is 4.98 Å². The third-order valence-electron chi connectivity index (χ3n) is 5.82. The minimum atomic E-state index is -0.248. The molecule has 29 heavy (non-hydrogen) atoms. The molecule has 2 aromatic rings. The van der Waals surface area contributed by atoms with Gasteiger partial charge in [0.05, 0.1) is 6.54 Å². The Labute approximate surface area is 172 Å². The highest BCUT2D eigenvalue weighted by atomic mass is 16.3. The van der Waals surface area contributed by atoms with E-state index in [0.29, 0.717) is 5.89 Å². The second-order valence-corrected chi connectivity index (χ2v) is 7.99. The Morgan fingerprint density at radius 3 is 2.59 bits per heavy atom. The van der Waals surface area contributed by atoms with Gasteiger partial charge in [-0.05, 0) is 44.6 Å². The summed E-state index contributed by atoms with van der Waals surface area (Å²) in [5, 5.41) is 2.88. The van der Waals surface area contributed by atoms with Crippen LogP contribution in [-0.2, 0) is 11.3 Å². The van der Waals surface area contributed by atoms with Crippen LogP contribution in [0.2, 0.25) is 0 Å². The fourth-order valence-electron chi connectivity index (χ4n) is 3.45. The van der Waals surface area contributed by atoms with Crippen molar-refractivity contribution >= 4 is 11.8 Å². The van der Waals surface area contributed by atoms with Crippen LogP contribution in [0.15, 0.2) is 41.0 Å². The van der Waals surface area contributed by atoms with Crippen molar-refractivity contribution in [2.75, 3.05) is 0 Å². The van der Waals surface area contributed by atoms with Crippen molar-refractivity contribution in [3.8, 4) is 0 Å². The van der Waals surface area contributed by atoms with Crippen LogP contribution in [-0.4, -0.2) is 33.8 Å². The molecule has 0 radical (unpaired) electrons. The second-order valence-electron chi connectivity index (χ2n) is 7.99. The van der Waals surface area contributed by atoms with Crippen LogP contribution in [0.25, 0.3) is 0 Å². The van der Waals surface area contributed by atoms with Crippen molar-refractivity contribution in [1.82, 2.24) is 15.2 Å². The van der Waals surface area contributed by atoms with Gasteiger partial charge in [-0.3, -0.25) is 9.59 Å². The van der Waals surface area contributed by atoms with Gasteiger partial charge in [-0.1, -0.05) is 44.2 Å². The van der Waals surface area contributed by atoms with Crippen molar-refractivity contribution in [2.24, 2.45) is 5.92 Å². The third-order valence-corrected chi connectivity index (χ3v) is 5.82. The molecule has 4 atom stereocenters. The highest BCUT2D eigenvalue weighted by Crippen LogP contribution is 2.48. The summed E-state index contributed by atoms with van der Waals surface area (Å²) in [6.07, 6.45) is 3.94. The number of aromatic nitrogens is 1. The van der Waals surface area contributed by atoms with E-state index >= 15 is 0 Å². The molecule has 1 saturated carbocycles. The molecule has 1 N–H and O–H groups in total. The molecular formula is C23H31N3O3. The topological polar surface area (TPSA) is 75.4 Å². The van der Waals surface area contributed by atoms with Crippen LogP contribution >= 0.6 is 0 Å². The normalized spacial score (nSPS) is 20.0. The largest absolute Gasteiger partial charge is 0.446 e.